The molecule has 0 spiro atoms. The van der Waals surface area contributed by atoms with Gasteiger partial charge in [-0.3, -0.25) is 0 Å². The zero-order chi connectivity index (χ0) is 15.3. The van der Waals surface area contributed by atoms with E-state index in [-0.39, 0.29) is 5.03 Å². The Morgan fingerprint density at radius 1 is 1.29 bits per heavy atom. The maximum Gasteiger partial charge on any atom is 0.273 e. The summed E-state index contributed by atoms with van der Waals surface area (Å²) in [6.45, 7) is 5.75. The van der Waals surface area contributed by atoms with Gasteiger partial charge in [-0.1, -0.05) is 6.92 Å². The lowest BCUT2D eigenvalue weighted by Gasteiger charge is -2.32. The molecule has 0 radical (unpaired) electrons. The third-order valence-electron chi connectivity index (χ3n) is 3.34. The largest absolute Gasteiger partial charge is 0.383 e. The highest BCUT2D eigenvalue weighted by Crippen LogP contribution is 2.18. The van der Waals surface area contributed by atoms with Crippen LogP contribution in [0.4, 0.5) is 5.69 Å². The van der Waals surface area contributed by atoms with Gasteiger partial charge in [0, 0.05) is 38.9 Å². The molecular weight excluding hydrogens is 290 g/mol. The van der Waals surface area contributed by atoms with Crippen LogP contribution in [0.1, 0.15) is 13.3 Å². The highest BCUT2D eigenvalue weighted by Gasteiger charge is 2.24. The van der Waals surface area contributed by atoms with Gasteiger partial charge in [-0.25, -0.2) is 18.4 Å². The van der Waals surface area contributed by atoms with Gasteiger partial charge < -0.3 is 10.2 Å². The Balaban J connectivity index is 2.12. The Kier molecular flexibility index (Phi) is 5.51. The average Bonchev–Trinajstić information content (AvgIpc) is 2.47. The minimum Gasteiger partial charge on any atom is -0.383 e. The van der Waals surface area contributed by atoms with Crippen LogP contribution in [-0.2, 0) is 10.0 Å². The summed E-state index contributed by atoms with van der Waals surface area (Å²) >= 11 is 0. The number of sulfonamides is 1. The smallest absolute Gasteiger partial charge is 0.273 e. The van der Waals surface area contributed by atoms with Gasteiger partial charge in [-0.15, -0.1) is 4.83 Å². The predicted octanol–water partition coefficient (Wildman–Crippen LogP) is 0.344. The zero-order valence-corrected chi connectivity index (χ0v) is 13.4. The summed E-state index contributed by atoms with van der Waals surface area (Å²) in [5.41, 5.74) is 0.543. The molecule has 7 nitrogen and oxygen atoms in total. The predicted molar refractivity (Wildman–Crippen MR) is 82.4 cm³/mol. The number of hydrazine groups is 1. The van der Waals surface area contributed by atoms with Crippen molar-refractivity contribution >= 4 is 15.7 Å². The van der Waals surface area contributed by atoms with Gasteiger partial charge in [-0.2, -0.15) is 0 Å². The van der Waals surface area contributed by atoms with Crippen LogP contribution in [0.2, 0.25) is 0 Å². The lowest BCUT2D eigenvalue weighted by Crippen LogP contribution is -2.52. The number of hydrogen-bond donors (Lipinski definition) is 2. The summed E-state index contributed by atoms with van der Waals surface area (Å²) in [5.74, 6) is 0. The highest BCUT2D eigenvalue weighted by molar-refractivity contribution is 7.89. The molecule has 1 saturated heterocycles. The van der Waals surface area contributed by atoms with E-state index in [1.807, 2.05) is 14.0 Å². The van der Waals surface area contributed by atoms with E-state index in [1.54, 1.807) is 17.1 Å². The fourth-order valence-electron chi connectivity index (χ4n) is 2.11. The molecule has 0 aromatic carbocycles. The fraction of sp³-hybridized carbons (Fsp3) is 0.615. The highest BCUT2D eigenvalue weighted by atomic mass is 32.2. The maximum atomic E-state index is 12.5. The van der Waals surface area contributed by atoms with Crippen molar-refractivity contribution in [2.75, 3.05) is 45.1 Å². The summed E-state index contributed by atoms with van der Waals surface area (Å²) in [7, 11) is -1.63. The van der Waals surface area contributed by atoms with Crippen molar-refractivity contribution in [2.24, 2.45) is 0 Å². The third-order valence-corrected chi connectivity index (χ3v) is 4.68. The van der Waals surface area contributed by atoms with Crippen molar-refractivity contribution in [1.29, 1.82) is 0 Å². The van der Waals surface area contributed by atoms with Gasteiger partial charge >= 0.3 is 0 Å². The molecule has 0 atom stereocenters. The van der Waals surface area contributed by atoms with Gasteiger partial charge in [0.15, 0.2) is 5.03 Å². The minimum atomic E-state index is -3.65. The Morgan fingerprint density at radius 2 is 2.00 bits per heavy atom. The van der Waals surface area contributed by atoms with Gasteiger partial charge in [0.25, 0.3) is 10.0 Å². The van der Waals surface area contributed by atoms with Crippen molar-refractivity contribution in [3.63, 3.8) is 0 Å². The number of rotatable bonds is 6. The molecule has 0 amide bonds. The lowest BCUT2D eigenvalue weighted by atomic mass is 10.4. The first-order valence-electron chi connectivity index (χ1n) is 7.18. The number of nitrogens with one attached hydrogen (secondary N) is 2. The van der Waals surface area contributed by atoms with Gasteiger partial charge in [0.2, 0.25) is 0 Å². The second-order valence-electron chi connectivity index (χ2n) is 5.17. The number of anilines is 1. The van der Waals surface area contributed by atoms with Crippen LogP contribution in [0, 0.1) is 0 Å². The Morgan fingerprint density at radius 3 is 2.67 bits per heavy atom. The van der Waals surface area contributed by atoms with Gasteiger partial charge in [0.1, 0.15) is 0 Å². The van der Waals surface area contributed by atoms with E-state index in [1.165, 1.54) is 6.20 Å². The maximum absolute atomic E-state index is 12.5. The van der Waals surface area contributed by atoms with Crippen LogP contribution in [-0.4, -0.2) is 63.1 Å². The molecule has 2 heterocycles. The third kappa shape index (κ3) is 4.37. The molecule has 1 aromatic heterocycles. The molecule has 0 aliphatic carbocycles. The molecule has 1 aromatic rings. The van der Waals surface area contributed by atoms with Crippen LogP contribution >= 0.6 is 0 Å². The summed E-state index contributed by atoms with van der Waals surface area (Å²) in [6, 6.07) is 3.47. The molecule has 21 heavy (non-hydrogen) atoms. The number of likely N-dealkylation sites (N-methyl/N-ethyl adjacent to an activating group) is 1. The normalized spacial score (nSPS) is 17.8. The SMILES string of the molecule is CCCNc1cccnc1S(=O)(=O)NN1CCN(C)CC1. The minimum absolute atomic E-state index is 0.0531. The first kappa shape index (κ1) is 16.2. The van der Waals surface area contributed by atoms with Crippen molar-refractivity contribution in [3.8, 4) is 0 Å². The first-order chi connectivity index (χ1) is 10.0. The summed E-state index contributed by atoms with van der Waals surface area (Å²) in [5, 5.41) is 4.89. The summed E-state index contributed by atoms with van der Waals surface area (Å²) in [6.07, 6.45) is 2.41. The van der Waals surface area contributed by atoms with E-state index >= 15 is 0 Å². The molecule has 1 aliphatic heterocycles. The molecule has 0 bridgehead atoms. The number of nitrogens with zero attached hydrogens (tertiary/aromatic N) is 3. The second-order valence-corrected chi connectivity index (χ2v) is 6.74. The molecule has 2 N–H and O–H groups in total. The zero-order valence-electron chi connectivity index (χ0n) is 12.5. The van der Waals surface area contributed by atoms with E-state index in [4.69, 9.17) is 0 Å². The lowest BCUT2D eigenvalue weighted by molar-refractivity contribution is 0.134. The topological polar surface area (TPSA) is 77.6 Å². The Labute approximate surface area is 126 Å². The standard InChI is InChI=1S/C13H23N5O2S/c1-3-6-14-12-5-4-7-15-13(12)21(19,20)16-18-10-8-17(2)9-11-18/h4-5,7,14,16H,3,6,8-11H2,1-2H3. The number of piperazine rings is 1. The van der Waals surface area contributed by atoms with Crippen molar-refractivity contribution < 1.29 is 8.42 Å². The van der Waals surface area contributed by atoms with Crippen molar-refractivity contribution in [1.82, 2.24) is 19.7 Å². The van der Waals surface area contributed by atoms with E-state index in [0.29, 0.717) is 25.3 Å². The van der Waals surface area contributed by atoms with E-state index in [2.05, 4.69) is 20.0 Å². The molecule has 0 saturated carbocycles. The van der Waals surface area contributed by atoms with Crippen LogP contribution in [0.15, 0.2) is 23.4 Å². The van der Waals surface area contributed by atoms with Gasteiger partial charge in [0.05, 0.1) is 5.69 Å². The van der Waals surface area contributed by atoms with E-state index in [0.717, 1.165) is 19.5 Å². The van der Waals surface area contributed by atoms with E-state index in [9.17, 15) is 8.42 Å². The molecule has 0 unspecified atom stereocenters. The van der Waals surface area contributed by atoms with Crippen LogP contribution in [0.5, 0.6) is 0 Å². The summed E-state index contributed by atoms with van der Waals surface area (Å²) in [4.78, 5) is 8.83. The summed E-state index contributed by atoms with van der Waals surface area (Å²) < 4.78 is 25.0. The van der Waals surface area contributed by atoms with Crippen molar-refractivity contribution in [2.45, 2.75) is 18.4 Å². The van der Waals surface area contributed by atoms with Gasteiger partial charge in [-0.05, 0) is 25.6 Å². The monoisotopic (exact) mass is 313 g/mol. The Bertz CT molecular complexity index is 555. The molecular formula is C13H23N5O2S. The molecule has 118 valence electrons. The van der Waals surface area contributed by atoms with Crippen LogP contribution in [0.25, 0.3) is 0 Å². The number of aromatic nitrogens is 1. The fourth-order valence-corrected chi connectivity index (χ4v) is 3.35. The van der Waals surface area contributed by atoms with Crippen molar-refractivity contribution in [3.05, 3.63) is 18.3 Å². The first-order valence-corrected chi connectivity index (χ1v) is 8.66. The molecule has 2 rings (SSSR count). The number of pyridine rings is 1. The molecule has 8 heteroatoms. The Hall–Kier alpha value is -1.22. The second kappa shape index (κ2) is 7.17. The van der Waals surface area contributed by atoms with Crippen LogP contribution in [0.3, 0.4) is 0 Å². The van der Waals surface area contributed by atoms with E-state index < -0.39 is 10.0 Å². The van der Waals surface area contributed by atoms with Crippen LogP contribution < -0.4 is 10.1 Å². The number of hydrogen-bond acceptors (Lipinski definition) is 6. The average molecular weight is 313 g/mol. The quantitative estimate of drug-likeness (QED) is 0.789. The molecule has 1 aliphatic rings. The molecule has 1 fully saturated rings.